The van der Waals surface area contributed by atoms with E-state index in [9.17, 15) is 9.59 Å². The van der Waals surface area contributed by atoms with Gasteiger partial charge in [-0.05, 0) is 19.1 Å². The lowest BCUT2D eigenvalue weighted by molar-refractivity contribution is -0.116. The quantitative estimate of drug-likeness (QED) is 0.605. The van der Waals surface area contributed by atoms with E-state index in [-0.39, 0.29) is 12.5 Å². The molecular formula is C12H12N8O2. The molecule has 0 bridgehead atoms. The van der Waals surface area contributed by atoms with E-state index >= 15 is 0 Å². The molecule has 0 aliphatic rings. The van der Waals surface area contributed by atoms with Crippen molar-refractivity contribution < 1.29 is 4.79 Å². The van der Waals surface area contributed by atoms with E-state index in [4.69, 9.17) is 0 Å². The number of rotatable bonds is 4. The molecule has 0 aromatic carbocycles. The van der Waals surface area contributed by atoms with Gasteiger partial charge in [-0.3, -0.25) is 14.5 Å². The molecule has 22 heavy (non-hydrogen) atoms. The Hall–Kier alpha value is -3.30. The highest BCUT2D eigenvalue weighted by Gasteiger charge is 2.09. The number of hydrogen-bond donors (Lipinski definition) is 3. The smallest absolute Gasteiger partial charge is 0.309 e. The molecule has 0 saturated heterocycles. The fourth-order valence-corrected chi connectivity index (χ4v) is 1.83. The lowest BCUT2D eigenvalue weighted by atomic mass is 10.2. The van der Waals surface area contributed by atoms with E-state index < -0.39 is 5.69 Å². The first kappa shape index (κ1) is 13.7. The van der Waals surface area contributed by atoms with Crippen LogP contribution >= 0.6 is 0 Å². The zero-order valence-corrected chi connectivity index (χ0v) is 11.6. The van der Waals surface area contributed by atoms with Gasteiger partial charge in [0.05, 0.1) is 0 Å². The van der Waals surface area contributed by atoms with Gasteiger partial charge in [0.1, 0.15) is 24.5 Å². The zero-order chi connectivity index (χ0) is 15.5. The summed E-state index contributed by atoms with van der Waals surface area (Å²) in [5, 5.41) is 15.2. The van der Waals surface area contributed by atoms with Crippen molar-refractivity contribution in [1.82, 2.24) is 34.9 Å². The van der Waals surface area contributed by atoms with Crippen LogP contribution in [-0.4, -0.2) is 40.8 Å². The fraction of sp³-hybridized carbons (Fsp3) is 0.167. The Bertz CT molecular complexity index is 862. The van der Waals surface area contributed by atoms with Crippen LogP contribution in [0.4, 0.5) is 5.82 Å². The van der Waals surface area contributed by atoms with Crippen LogP contribution in [0.3, 0.4) is 0 Å². The number of nitrogens with zero attached hydrogens (tertiary/aromatic N) is 5. The Morgan fingerprint density at radius 1 is 1.41 bits per heavy atom. The van der Waals surface area contributed by atoms with Gasteiger partial charge in [-0.15, -0.1) is 0 Å². The first-order chi connectivity index (χ1) is 10.6. The van der Waals surface area contributed by atoms with Crippen molar-refractivity contribution >= 4 is 11.7 Å². The number of anilines is 1. The van der Waals surface area contributed by atoms with Crippen LogP contribution in [0.1, 0.15) is 5.82 Å². The number of aromatic amines is 2. The molecule has 1 amide bonds. The summed E-state index contributed by atoms with van der Waals surface area (Å²) in [5.74, 6) is 1.17. The molecule has 3 heterocycles. The van der Waals surface area contributed by atoms with Crippen LogP contribution in [-0.2, 0) is 11.3 Å². The molecule has 3 N–H and O–H groups in total. The fourth-order valence-electron chi connectivity index (χ4n) is 1.83. The predicted molar refractivity (Wildman–Crippen MR) is 75.8 cm³/mol. The summed E-state index contributed by atoms with van der Waals surface area (Å²) >= 11 is 0. The van der Waals surface area contributed by atoms with Gasteiger partial charge in [0, 0.05) is 11.8 Å². The highest BCUT2D eigenvalue weighted by Crippen LogP contribution is 2.17. The summed E-state index contributed by atoms with van der Waals surface area (Å²) in [6.45, 7) is 1.64. The Morgan fingerprint density at radius 3 is 2.95 bits per heavy atom. The Balaban J connectivity index is 1.74. The molecular weight excluding hydrogens is 288 g/mol. The average molecular weight is 300 g/mol. The molecule has 10 heteroatoms. The Labute approximate surface area is 123 Å². The maximum Gasteiger partial charge on any atom is 0.343 e. The van der Waals surface area contributed by atoms with E-state index in [0.717, 1.165) is 10.1 Å². The Morgan fingerprint density at radius 2 is 2.27 bits per heavy atom. The molecule has 0 unspecified atom stereocenters. The van der Waals surface area contributed by atoms with E-state index in [1.807, 2.05) is 0 Å². The zero-order valence-electron chi connectivity index (χ0n) is 11.6. The SMILES string of the molecule is Cc1nc(-c2ccnc(NC(=O)Cn3cn[nH]c3=O)c2)n[nH]1. The molecule has 0 radical (unpaired) electrons. The van der Waals surface area contributed by atoms with E-state index in [1.165, 1.54) is 6.33 Å². The van der Waals surface area contributed by atoms with E-state index in [2.05, 4.69) is 35.7 Å². The molecule has 112 valence electrons. The average Bonchev–Trinajstić information content (AvgIpc) is 3.09. The normalized spacial score (nSPS) is 10.6. The number of carbonyl (C=O) groups is 1. The molecule has 0 spiro atoms. The third-order valence-corrected chi connectivity index (χ3v) is 2.81. The summed E-state index contributed by atoms with van der Waals surface area (Å²) in [6, 6.07) is 3.39. The van der Waals surface area contributed by atoms with Crippen LogP contribution < -0.4 is 11.0 Å². The van der Waals surface area contributed by atoms with Crippen molar-refractivity contribution in [2.24, 2.45) is 0 Å². The maximum atomic E-state index is 11.9. The highest BCUT2D eigenvalue weighted by molar-refractivity contribution is 5.90. The predicted octanol–water partition coefficient (Wildman–Crippen LogP) is -0.301. The minimum Gasteiger partial charge on any atom is -0.309 e. The number of aromatic nitrogens is 7. The third-order valence-electron chi connectivity index (χ3n) is 2.81. The summed E-state index contributed by atoms with van der Waals surface area (Å²) in [7, 11) is 0. The molecule has 3 aromatic heterocycles. The minimum atomic E-state index is -0.451. The van der Waals surface area contributed by atoms with Crippen LogP contribution in [0.15, 0.2) is 29.5 Å². The minimum absolute atomic E-state index is 0.152. The van der Waals surface area contributed by atoms with Crippen LogP contribution in [0.5, 0.6) is 0 Å². The molecule has 0 aliphatic heterocycles. The van der Waals surface area contributed by atoms with Crippen molar-refractivity contribution in [3.8, 4) is 11.4 Å². The van der Waals surface area contributed by atoms with Gasteiger partial charge in [0.15, 0.2) is 5.82 Å². The van der Waals surface area contributed by atoms with Gasteiger partial charge in [0.2, 0.25) is 5.91 Å². The molecule has 10 nitrogen and oxygen atoms in total. The summed E-state index contributed by atoms with van der Waals surface area (Å²) in [5.41, 5.74) is 0.267. The number of pyridine rings is 1. The van der Waals surface area contributed by atoms with Gasteiger partial charge < -0.3 is 5.32 Å². The first-order valence-corrected chi connectivity index (χ1v) is 6.37. The topological polar surface area (TPSA) is 134 Å². The third kappa shape index (κ3) is 2.90. The largest absolute Gasteiger partial charge is 0.343 e. The molecule has 3 rings (SSSR count). The molecule has 0 saturated carbocycles. The second kappa shape index (κ2) is 5.60. The number of hydrogen-bond acceptors (Lipinski definition) is 6. The van der Waals surface area contributed by atoms with E-state index in [1.54, 1.807) is 25.3 Å². The summed E-state index contributed by atoms with van der Waals surface area (Å²) in [6.07, 6.45) is 2.79. The number of nitrogens with one attached hydrogen (secondary N) is 3. The van der Waals surface area contributed by atoms with Gasteiger partial charge >= 0.3 is 5.69 Å². The molecule has 0 aliphatic carbocycles. The van der Waals surface area contributed by atoms with Gasteiger partial charge in [-0.1, -0.05) is 0 Å². The van der Waals surface area contributed by atoms with Crippen molar-refractivity contribution in [2.45, 2.75) is 13.5 Å². The van der Waals surface area contributed by atoms with E-state index in [0.29, 0.717) is 17.5 Å². The van der Waals surface area contributed by atoms with Crippen molar-refractivity contribution in [3.05, 3.63) is 41.0 Å². The van der Waals surface area contributed by atoms with Crippen LogP contribution in [0.2, 0.25) is 0 Å². The summed E-state index contributed by atoms with van der Waals surface area (Å²) < 4.78 is 1.15. The van der Waals surface area contributed by atoms with Gasteiger partial charge in [-0.2, -0.15) is 10.2 Å². The maximum absolute atomic E-state index is 11.9. The highest BCUT2D eigenvalue weighted by atomic mass is 16.2. The lowest BCUT2D eigenvalue weighted by Crippen LogP contribution is -2.25. The molecule has 3 aromatic rings. The molecule has 0 atom stereocenters. The number of H-pyrrole nitrogens is 2. The van der Waals surface area contributed by atoms with Gasteiger partial charge in [-0.25, -0.2) is 19.9 Å². The van der Waals surface area contributed by atoms with Gasteiger partial charge in [0.25, 0.3) is 0 Å². The van der Waals surface area contributed by atoms with Crippen LogP contribution in [0, 0.1) is 6.92 Å². The second-order valence-electron chi connectivity index (χ2n) is 4.51. The lowest BCUT2D eigenvalue weighted by Gasteiger charge is -2.05. The van der Waals surface area contributed by atoms with Crippen LogP contribution in [0.25, 0.3) is 11.4 Å². The number of carbonyl (C=O) groups excluding carboxylic acids is 1. The first-order valence-electron chi connectivity index (χ1n) is 6.37. The van der Waals surface area contributed by atoms with Crippen molar-refractivity contribution in [3.63, 3.8) is 0 Å². The number of aryl methyl sites for hydroxylation is 1. The van der Waals surface area contributed by atoms with Crippen molar-refractivity contribution in [2.75, 3.05) is 5.32 Å². The van der Waals surface area contributed by atoms with Crippen molar-refractivity contribution in [1.29, 1.82) is 0 Å². The second-order valence-corrected chi connectivity index (χ2v) is 4.51. The molecule has 0 fully saturated rings. The Kier molecular flexibility index (Phi) is 3.48. The standard InChI is InChI=1S/C12H12N8O2/c1-7-15-11(18-17-7)8-2-3-13-9(4-8)16-10(21)5-20-6-14-19-12(20)22/h2-4,6H,5H2,1H3,(H,19,22)(H,13,16,21)(H,15,17,18). The monoisotopic (exact) mass is 300 g/mol. The summed E-state index contributed by atoms with van der Waals surface area (Å²) in [4.78, 5) is 31.4. The number of amides is 1.